The van der Waals surface area contributed by atoms with Crippen LogP contribution in [0.3, 0.4) is 0 Å². The van der Waals surface area contributed by atoms with Crippen LogP contribution in [0, 0.1) is 11.8 Å². The second-order valence-electron chi connectivity index (χ2n) is 4.49. The fourth-order valence-corrected chi connectivity index (χ4v) is 3.94. The van der Waals surface area contributed by atoms with Crippen LogP contribution in [-0.2, 0) is 6.54 Å². The van der Waals surface area contributed by atoms with Gasteiger partial charge in [-0.05, 0) is 6.07 Å². The van der Waals surface area contributed by atoms with Gasteiger partial charge in [-0.3, -0.25) is 4.90 Å². The summed E-state index contributed by atoms with van der Waals surface area (Å²) in [6.07, 6.45) is 0.562. The minimum atomic E-state index is 0.146. The minimum absolute atomic E-state index is 0.146. The molecular weight excluding hydrogens is 262 g/mol. The van der Waals surface area contributed by atoms with Crippen molar-refractivity contribution in [1.29, 1.82) is 0 Å². The van der Waals surface area contributed by atoms with Gasteiger partial charge in [-0.25, -0.2) is 0 Å². The molecule has 1 aliphatic rings. The van der Waals surface area contributed by atoms with Crippen molar-refractivity contribution in [3.8, 4) is 11.8 Å². The first-order valence-electron chi connectivity index (χ1n) is 6.29. The fraction of sp³-hybridized carbons (Fsp3) is 0.571. The van der Waals surface area contributed by atoms with Crippen LogP contribution >= 0.6 is 23.1 Å². The highest BCUT2D eigenvalue weighted by Crippen LogP contribution is 2.22. The third-order valence-electron chi connectivity index (χ3n) is 2.83. The molecule has 1 aliphatic heterocycles. The molecule has 0 saturated carbocycles. The number of aliphatic hydroxyl groups is 1. The summed E-state index contributed by atoms with van der Waals surface area (Å²) in [6, 6.07) is 2.18. The van der Waals surface area contributed by atoms with Gasteiger partial charge in [0, 0.05) is 52.9 Å². The number of thiophene rings is 1. The maximum Gasteiger partial charge on any atom is 0.0540 e. The Kier molecular flexibility index (Phi) is 5.58. The van der Waals surface area contributed by atoms with Crippen molar-refractivity contribution in [2.24, 2.45) is 0 Å². The van der Waals surface area contributed by atoms with E-state index < -0.39 is 0 Å². The number of hydrogen-bond donors (Lipinski definition) is 1. The molecule has 18 heavy (non-hydrogen) atoms. The lowest BCUT2D eigenvalue weighted by Gasteiger charge is -2.29. The Morgan fingerprint density at radius 1 is 1.56 bits per heavy atom. The molecule has 1 unspecified atom stereocenters. The molecule has 1 N–H and O–H groups in total. The quantitative estimate of drug-likeness (QED) is 0.861. The molecule has 1 aromatic heterocycles. The highest BCUT2D eigenvalue weighted by Gasteiger charge is 2.16. The lowest BCUT2D eigenvalue weighted by atomic mass is 10.3. The Labute approximate surface area is 117 Å². The van der Waals surface area contributed by atoms with Gasteiger partial charge >= 0.3 is 0 Å². The number of nitrogens with zero attached hydrogens (tertiary/aromatic N) is 1. The van der Waals surface area contributed by atoms with Crippen molar-refractivity contribution >= 4 is 23.1 Å². The molecule has 4 heteroatoms. The fourth-order valence-electron chi connectivity index (χ4n) is 2.00. The van der Waals surface area contributed by atoms with E-state index in [1.165, 1.54) is 23.7 Å². The van der Waals surface area contributed by atoms with Crippen LogP contribution in [0.2, 0.25) is 0 Å². The van der Waals surface area contributed by atoms with E-state index in [9.17, 15) is 0 Å². The van der Waals surface area contributed by atoms with Gasteiger partial charge in [0.05, 0.1) is 6.61 Å². The summed E-state index contributed by atoms with van der Waals surface area (Å²) >= 11 is 3.86. The Morgan fingerprint density at radius 3 is 3.22 bits per heavy atom. The molecule has 2 rings (SSSR count). The highest BCUT2D eigenvalue weighted by molar-refractivity contribution is 7.99. The first-order valence-corrected chi connectivity index (χ1v) is 8.22. The molecule has 1 atom stereocenters. The SMILES string of the molecule is CC1CN(Cc2cc(C#CCCO)cs2)CCS1. The predicted octanol–water partition coefficient (Wildman–Crippen LogP) is 2.42. The number of hydrogen-bond acceptors (Lipinski definition) is 4. The van der Waals surface area contributed by atoms with Crippen LogP contribution in [-0.4, -0.2) is 40.7 Å². The molecule has 2 heterocycles. The molecule has 0 radical (unpaired) electrons. The topological polar surface area (TPSA) is 23.5 Å². The molecule has 0 aromatic carbocycles. The Bertz CT molecular complexity index is 432. The summed E-state index contributed by atoms with van der Waals surface area (Å²) in [4.78, 5) is 3.92. The number of thioether (sulfide) groups is 1. The van der Waals surface area contributed by atoms with Gasteiger partial charge in [-0.1, -0.05) is 18.8 Å². The van der Waals surface area contributed by atoms with Gasteiger partial charge in [0.25, 0.3) is 0 Å². The van der Waals surface area contributed by atoms with Gasteiger partial charge in [0.2, 0.25) is 0 Å². The van der Waals surface area contributed by atoms with E-state index in [-0.39, 0.29) is 6.61 Å². The summed E-state index contributed by atoms with van der Waals surface area (Å²) < 4.78 is 0. The molecule has 2 nitrogen and oxygen atoms in total. The van der Waals surface area contributed by atoms with Gasteiger partial charge in [-0.2, -0.15) is 11.8 Å². The molecule has 0 bridgehead atoms. The van der Waals surface area contributed by atoms with Gasteiger partial charge < -0.3 is 5.11 Å². The number of aliphatic hydroxyl groups excluding tert-OH is 1. The maximum atomic E-state index is 8.68. The average Bonchev–Trinajstić information content (AvgIpc) is 2.77. The first kappa shape index (κ1) is 14.0. The summed E-state index contributed by atoms with van der Waals surface area (Å²) in [5, 5.41) is 11.5. The van der Waals surface area contributed by atoms with Crippen LogP contribution in [0.15, 0.2) is 11.4 Å². The van der Waals surface area contributed by atoms with Crippen molar-refractivity contribution in [2.45, 2.75) is 25.1 Å². The van der Waals surface area contributed by atoms with E-state index >= 15 is 0 Å². The molecule has 0 amide bonds. The molecule has 1 fully saturated rings. The maximum absolute atomic E-state index is 8.68. The lowest BCUT2D eigenvalue weighted by molar-refractivity contribution is 0.281. The second-order valence-corrected chi connectivity index (χ2v) is 7.04. The third-order valence-corrected chi connectivity index (χ3v) is 4.89. The van der Waals surface area contributed by atoms with Crippen molar-refractivity contribution in [2.75, 3.05) is 25.4 Å². The van der Waals surface area contributed by atoms with Gasteiger partial charge in [-0.15, -0.1) is 11.3 Å². The van der Waals surface area contributed by atoms with E-state index in [4.69, 9.17) is 5.11 Å². The van der Waals surface area contributed by atoms with Crippen molar-refractivity contribution in [3.63, 3.8) is 0 Å². The van der Waals surface area contributed by atoms with Gasteiger partial charge in [0.1, 0.15) is 0 Å². The number of rotatable bonds is 3. The summed E-state index contributed by atoms with van der Waals surface area (Å²) in [7, 11) is 0. The van der Waals surface area contributed by atoms with Gasteiger partial charge in [0.15, 0.2) is 0 Å². The molecular formula is C14H19NOS2. The third kappa shape index (κ3) is 4.33. The zero-order valence-corrected chi connectivity index (χ0v) is 12.3. The predicted molar refractivity (Wildman–Crippen MR) is 80.1 cm³/mol. The van der Waals surface area contributed by atoms with Crippen LogP contribution < -0.4 is 0 Å². The van der Waals surface area contributed by atoms with Crippen molar-refractivity contribution < 1.29 is 5.11 Å². The Morgan fingerprint density at radius 2 is 2.44 bits per heavy atom. The molecule has 98 valence electrons. The minimum Gasteiger partial charge on any atom is -0.395 e. The van der Waals surface area contributed by atoms with Crippen LogP contribution in [0.5, 0.6) is 0 Å². The second kappa shape index (κ2) is 7.20. The zero-order valence-electron chi connectivity index (χ0n) is 10.7. The highest BCUT2D eigenvalue weighted by atomic mass is 32.2. The summed E-state index contributed by atoms with van der Waals surface area (Å²) in [5.41, 5.74) is 1.09. The molecule has 1 saturated heterocycles. The molecule has 0 spiro atoms. The normalized spacial score (nSPS) is 20.4. The van der Waals surface area contributed by atoms with Crippen LogP contribution in [0.1, 0.15) is 23.8 Å². The standard InChI is InChI=1S/C14H19NOS2/c1-12-9-15(5-7-17-12)10-14-8-13(11-18-14)4-2-3-6-16/h8,11-12,16H,3,5-7,9-10H2,1H3. The van der Waals surface area contributed by atoms with E-state index in [1.807, 2.05) is 0 Å². The van der Waals surface area contributed by atoms with E-state index in [0.717, 1.165) is 17.4 Å². The summed E-state index contributed by atoms with van der Waals surface area (Å²) in [5.74, 6) is 7.30. The monoisotopic (exact) mass is 281 g/mol. The van der Waals surface area contributed by atoms with E-state index in [2.05, 4.69) is 46.9 Å². The largest absolute Gasteiger partial charge is 0.395 e. The average molecular weight is 281 g/mol. The van der Waals surface area contributed by atoms with Crippen molar-refractivity contribution in [3.05, 3.63) is 21.9 Å². The smallest absolute Gasteiger partial charge is 0.0540 e. The zero-order chi connectivity index (χ0) is 12.8. The molecule has 0 aliphatic carbocycles. The van der Waals surface area contributed by atoms with Crippen LogP contribution in [0.4, 0.5) is 0 Å². The van der Waals surface area contributed by atoms with Crippen molar-refractivity contribution in [1.82, 2.24) is 4.90 Å². The first-order chi connectivity index (χ1) is 8.78. The lowest BCUT2D eigenvalue weighted by Crippen LogP contribution is -2.35. The summed E-state index contributed by atoms with van der Waals surface area (Å²) in [6.45, 7) is 5.88. The Balaban J connectivity index is 1.88. The van der Waals surface area contributed by atoms with E-state index in [1.54, 1.807) is 11.3 Å². The molecule has 1 aromatic rings. The van der Waals surface area contributed by atoms with E-state index in [0.29, 0.717) is 6.42 Å². The Hall–Kier alpha value is -0.470. The van der Waals surface area contributed by atoms with Crippen LogP contribution in [0.25, 0.3) is 0 Å².